The molecule has 110 valence electrons. The van der Waals surface area contributed by atoms with Crippen LogP contribution in [0.5, 0.6) is 0 Å². The van der Waals surface area contributed by atoms with E-state index in [1.54, 1.807) is 6.92 Å². The van der Waals surface area contributed by atoms with E-state index in [1.807, 2.05) is 6.92 Å². The number of carbonyl (C=O) groups is 2. The minimum atomic E-state index is -0.449. The zero-order valence-corrected chi connectivity index (χ0v) is 13.1. The molecule has 0 atom stereocenters. The molecule has 4 nitrogen and oxygen atoms in total. The third kappa shape index (κ3) is 4.59. The van der Waals surface area contributed by atoms with E-state index in [2.05, 4.69) is 15.9 Å². The zero-order chi connectivity index (χ0) is 15.1. The Bertz CT molecular complexity index is 493. The van der Waals surface area contributed by atoms with Crippen molar-refractivity contribution in [2.24, 2.45) is 0 Å². The van der Waals surface area contributed by atoms with Gasteiger partial charge in [-0.3, -0.25) is 9.59 Å². The molecule has 1 aromatic rings. The lowest BCUT2D eigenvalue weighted by atomic mass is 10.2. The van der Waals surface area contributed by atoms with Gasteiger partial charge in [-0.15, -0.1) is 0 Å². The molecule has 1 amide bonds. The molecule has 0 spiro atoms. The summed E-state index contributed by atoms with van der Waals surface area (Å²) < 4.78 is 18.2. The van der Waals surface area contributed by atoms with Gasteiger partial charge in [0.1, 0.15) is 12.4 Å². The van der Waals surface area contributed by atoms with Crippen molar-refractivity contribution in [1.82, 2.24) is 4.90 Å². The van der Waals surface area contributed by atoms with Crippen LogP contribution in [0.15, 0.2) is 22.7 Å². The first-order valence-electron chi connectivity index (χ1n) is 6.39. The number of amides is 1. The molecule has 0 aliphatic heterocycles. The van der Waals surface area contributed by atoms with Gasteiger partial charge >= 0.3 is 5.97 Å². The number of hydrogen-bond acceptors (Lipinski definition) is 3. The third-order valence-corrected chi connectivity index (χ3v) is 3.18. The van der Waals surface area contributed by atoms with E-state index in [0.29, 0.717) is 18.5 Å². The van der Waals surface area contributed by atoms with Gasteiger partial charge in [-0.05, 0) is 47.5 Å². The van der Waals surface area contributed by atoms with Crippen LogP contribution in [-0.4, -0.2) is 36.5 Å². The van der Waals surface area contributed by atoms with E-state index >= 15 is 0 Å². The van der Waals surface area contributed by atoms with Crippen LogP contribution in [0.2, 0.25) is 0 Å². The molecular weight excluding hydrogens is 329 g/mol. The summed E-state index contributed by atoms with van der Waals surface area (Å²) in [5.74, 6) is -1.20. The number of esters is 1. The summed E-state index contributed by atoms with van der Waals surface area (Å²) in [7, 11) is 0. The fourth-order valence-electron chi connectivity index (χ4n) is 1.70. The molecule has 0 radical (unpaired) electrons. The van der Waals surface area contributed by atoms with E-state index < -0.39 is 11.8 Å². The first kappa shape index (κ1) is 16.6. The standard InChI is InChI=1S/C14H17BrFNO3/c1-3-7-17(9-13(18)20-4-2)14(19)10-5-6-12(16)11(15)8-10/h5-6,8H,3-4,7,9H2,1-2H3. The molecule has 0 bridgehead atoms. The van der Waals surface area contributed by atoms with E-state index in [1.165, 1.54) is 23.1 Å². The van der Waals surface area contributed by atoms with Crippen molar-refractivity contribution in [1.29, 1.82) is 0 Å². The Kier molecular flexibility index (Phi) is 6.64. The van der Waals surface area contributed by atoms with E-state index in [9.17, 15) is 14.0 Å². The SMILES string of the molecule is CCCN(CC(=O)OCC)C(=O)c1ccc(F)c(Br)c1. The highest BCUT2D eigenvalue weighted by Crippen LogP contribution is 2.18. The second-order valence-electron chi connectivity index (χ2n) is 4.16. The lowest BCUT2D eigenvalue weighted by Crippen LogP contribution is -2.37. The van der Waals surface area contributed by atoms with Crippen LogP contribution in [0.1, 0.15) is 30.6 Å². The van der Waals surface area contributed by atoms with Crippen molar-refractivity contribution in [3.63, 3.8) is 0 Å². The van der Waals surface area contributed by atoms with Gasteiger partial charge in [0, 0.05) is 12.1 Å². The number of benzene rings is 1. The molecule has 6 heteroatoms. The lowest BCUT2D eigenvalue weighted by molar-refractivity contribution is -0.143. The maximum absolute atomic E-state index is 13.2. The van der Waals surface area contributed by atoms with Gasteiger partial charge in [0.2, 0.25) is 0 Å². The largest absolute Gasteiger partial charge is 0.465 e. The minimum Gasteiger partial charge on any atom is -0.465 e. The van der Waals surface area contributed by atoms with Gasteiger partial charge in [-0.2, -0.15) is 0 Å². The molecule has 0 fully saturated rings. The summed E-state index contributed by atoms with van der Waals surface area (Å²) in [6.07, 6.45) is 0.716. The molecule has 1 rings (SSSR count). The summed E-state index contributed by atoms with van der Waals surface area (Å²) in [4.78, 5) is 25.2. The Balaban J connectivity index is 2.87. The van der Waals surface area contributed by atoms with Gasteiger partial charge in [0.05, 0.1) is 11.1 Å². The highest BCUT2D eigenvalue weighted by molar-refractivity contribution is 9.10. The third-order valence-electron chi connectivity index (χ3n) is 2.57. The predicted molar refractivity (Wildman–Crippen MR) is 76.9 cm³/mol. The monoisotopic (exact) mass is 345 g/mol. The van der Waals surface area contributed by atoms with Crippen LogP contribution in [-0.2, 0) is 9.53 Å². The molecule has 1 aromatic carbocycles. The van der Waals surface area contributed by atoms with Crippen LogP contribution in [0.3, 0.4) is 0 Å². The number of carbonyl (C=O) groups excluding carboxylic acids is 2. The van der Waals surface area contributed by atoms with E-state index in [0.717, 1.165) is 0 Å². The van der Waals surface area contributed by atoms with Crippen molar-refractivity contribution in [2.45, 2.75) is 20.3 Å². The maximum atomic E-state index is 13.2. The minimum absolute atomic E-state index is 0.102. The molecule has 0 aliphatic carbocycles. The van der Waals surface area contributed by atoms with Crippen LogP contribution in [0.4, 0.5) is 4.39 Å². The quantitative estimate of drug-likeness (QED) is 0.744. The molecule has 0 unspecified atom stereocenters. The van der Waals surface area contributed by atoms with Crippen molar-refractivity contribution >= 4 is 27.8 Å². The van der Waals surface area contributed by atoms with Crippen LogP contribution in [0.25, 0.3) is 0 Å². The summed E-state index contributed by atoms with van der Waals surface area (Å²) in [6, 6.07) is 4.02. The molecule has 0 N–H and O–H groups in total. The fraction of sp³-hybridized carbons (Fsp3) is 0.429. The highest BCUT2D eigenvalue weighted by atomic mass is 79.9. The lowest BCUT2D eigenvalue weighted by Gasteiger charge is -2.21. The van der Waals surface area contributed by atoms with Crippen molar-refractivity contribution in [3.8, 4) is 0 Å². The summed E-state index contributed by atoms with van der Waals surface area (Å²) in [5.41, 5.74) is 0.330. The Morgan fingerprint density at radius 2 is 2.05 bits per heavy atom. The first-order chi connectivity index (χ1) is 9.49. The second kappa shape index (κ2) is 7.99. The van der Waals surface area contributed by atoms with Crippen LogP contribution >= 0.6 is 15.9 Å². The van der Waals surface area contributed by atoms with Crippen molar-refractivity contribution in [3.05, 3.63) is 34.1 Å². The van der Waals surface area contributed by atoms with Crippen LogP contribution < -0.4 is 0 Å². The van der Waals surface area contributed by atoms with Crippen molar-refractivity contribution in [2.75, 3.05) is 19.7 Å². The topological polar surface area (TPSA) is 46.6 Å². The Morgan fingerprint density at radius 3 is 2.60 bits per heavy atom. The van der Waals surface area contributed by atoms with Gasteiger partial charge in [0.15, 0.2) is 0 Å². The molecule has 20 heavy (non-hydrogen) atoms. The summed E-state index contributed by atoms with van der Waals surface area (Å²) >= 11 is 3.04. The summed E-state index contributed by atoms with van der Waals surface area (Å²) in [5, 5.41) is 0. The number of nitrogens with zero attached hydrogens (tertiary/aromatic N) is 1. The molecule has 0 aliphatic rings. The summed E-state index contributed by atoms with van der Waals surface area (Å²) in [6.45, 7) is 4.23. The average molecular weight is 346 g/mol. The second-order valence-corrected chi connectivity index (χ2v) is 5.01. The number of hydrogen-bond donors (Lipinski definition) is 0. The van der Waals surface area contributed by atoms with Gasteiger partial charge < -0.3 is 9.64 Å². The molecular formula is C14H17BrFNO3. The van der Waals surface area contributed by atoms with E-state index in [-0.39, 0.29) is 23.5 Å². The molecule has 0 aromatic heterocycles. The number of ether oxygens (including phenoxy) is 1. The smallest absolute Gasteiger partial charge is 0.325 e. The van der Waals surface area contributed by atoms with Gasteiger partial charge in [-0.1, -0.05) is 6.92 Å². The normalized spacial score (nSPS) is 10.2. The number of rotatable bonds is 6. The van der Waals surface area contributed by atoms with Gasteiger partial charge in [0.25, 0.3) is 5.91 Å². The average Bonchev–Trinajstić information content (AvgIpc) is 2.41. The highest BCUT2D eigenvalue weighted by Gasteiger charge is 2.19. The Labute approximate surface area is 126 Å². The Hall–Kier alpha value is -1.43. The molecule has 0 saturated carbocycles. The fourth-order valence-corrected chi connectivity index (χ4v) is 2.08. The zero-order valence-electron chi connectivity index (χ0n) is 11.5. The maximum Gasteiger partial charge on any atom is 0.325 e. The van der Waals surface area contributed by atoms with E-state index in [4.69, 9.17) is 4.74 Å². The van der Waals surface area contributed by atoms with Gasteiger partial charge in [-0.25, -0.2) is 4.39 Å². The first-order valence-corrected chi connectivity index (χ1v) is 7.18. The van der Waals surface area contributed by atoms with Crippen LogP contribution in [0, 0.1) is 5.82 Å². The molecule has 0 saturated heterocycles. The Morgan fingerprint density at radius 1 is 1.35 bits per heavy atom. The molecule has 0 heterocycles. The predicted octanol–water partition coefficient (Wildman–Crippen LogP) is 3.00. The number of halogens is 2. The van der Waals surface area contributed by atoms with Crippen molar-refractivity contribution < 1.29 is 18.7 Å².